The van der Waals surface area contributed by atoms with Crippen molar-refractivity contribution in [1.29, 1.82) is 0 Å². The molecule has 0 bridgehead atoms. The maximum Gasteiger partial charge on any atom is 0.228 e. The summed E-state index contributed by atoms with van der Waals surface area (Å²) >= 11 is 3.53. The molecule has 0 aliphatic rings. The zero-order valence-electron chi connectivity index (χ0n) is 16.3. The van der Waals surface area contributed by atoms with E-state index < -0.39 is 0 Å². The summed E-state index contributed by atoms with van der Waals surface area (Å²) in [5.41, 5.74) is 11.4. The molecule has 0 spiro atoms. The number of carbonyl (C=O) groups is 1. The Balaban J connectivity index is 1.31. The predicted octanol–water partition coefficient (Wildman–Crippen LogP) is 4.74. The van der Waals surface area contributed by atoms with Gasteiger partial charge < -0.3 is 16.4 Å². The topological polar surface area (TPSA) is 95.8 Å². The second kappa shape index (κ2) is 9.00. The van der Waals surface area contributed by atoms with E-state index in [0.717, 1.165) is 45.3 Å². The highest BCUT2D eigenvalue weighted by Crippen LogP contribution is 2.26. The molecule has 30 heavy (non-hydrogen) atoms. The average molecular weight is 464 g/mol. The largest absolute Gasteiger partial charge is 0.398 e. The summed E-state index contributed by atoms with van der Waals surface area (Å²) in [6, 6.07) is 19.4. The fraction of sp³-hybridized carbons (Fsp3) is 0.130. The Hall–Kier alpha value is -3.32. The molecule has 0 aliphatic carbocycles. The van der Waals surface area contributed by atoms with Crippen molar-refractivity contribution in [2.45, 2.75) is 12.8 Å². The standard InChI is InChI=1S/C23H22BrN5O/c24-17-12-21(19-14-27-29-22(19)13-17)26-10-9-15-5-7-18(8-6-15)28-23(30)11-16-3-1-2-4-20(16)25/h1-8,12-14,26H,9-11,25H2,(H,27,29)(H,28,30). The Bertz CT molecular complexity index is 1170. The first kappa shape index (κ1) is 20.0. The molecule has 152 valence electrons. The molecule has 0 saturated heterocycles. The number of aromatic amines is 1. The summed E-state index contributed by atoms with van der Waals surface area (Å²) in [5, 5.41) is 14.6. The van der Waals surface area contributed by atoms with Crippen molar-refractivity contribution in [3.8, 4) is 0 Å². The second-order valence-corrected chi connectivity index (χ2v) is 8.00. The summed E-state index contributed by atoms with van der Waals surface area (Å²) in [5.74, 6) is -0.0823. The van der Waals surface area contributed by atoms with Crippen molar-refractivity contribution in [1.82, 2.24) is 10.2 Å². The van der Waals surface area contributed by atoms with E-state index in [0.29, 0.717) is 5.69 Å². The van der Waals surface area contributed by atoms with Crippen LogP contribution in [-0.4, -0.2) is 22.6 Å². The number of H-pyrrole nitrogens is 1. The lowest BCUT2D eigenvalue weighted by Crippen LogP contribution is -2.15. The highest BCUT2D eigenvalue weighted by atomic mass is 79.9. The number of rotatable bonds is 7. The Morgan fingerprint density at radius 2 is 1.90 bits per heavy atom. The molecule has 0 saturated carbocycles. The summed E-state index contributed by atoms with van der Waals surface area (Å²) < 4.78 is 0.999. The number of nitrogen functional groups attached to an aromatic ring is 1. The summed E-state index contributed by atoms with van der Waals surface area (Å²) in [7, 11) is 0. The van der Waals surface area contributed by atoms with Gasteiger partial charge in [-0.2, -0.15) is 5.10 Å². The van der Waals surface area contributed by atoms with Crippen molar-refractivity contribution < 1.29 is 4.79 Å². The van der Waals surface area contributed by atoms with Crippen LogP contribution in [0.15, 0.2) is 71.3 Å². The summed E-state index contributed by atoms with van der Waals surface area (Å²) in [6.45, 7) is 0.787. The average Bonchev–Trinajstić information content (AvgIpc) is 3.19. The molecule has 1 aromatic heterocycles. The van der Waals surface area contributed by atoms with Gasteiger partial charge in [-0.15, -0.1) is 0 Å². The number of aromatic nitrogens is 2. The molecule has 4 rings (SSSR count). The van der Waals surface area contributed by atoms with Gasteiger partial charge in [0, 0.05) is 33.5 Å². The number of halogens is 1. The highest BCUT2D eigenvalue weighted by Gasteiger charge is 2.07. The zero-order valence-corrected chi connectivity index (χ0v) is 17.9. The van der Waals surface area contributed by atoms with Gasteiger partial charge in [0.15, 0.2) is 0 Å². The number of anilines is 3. The van der Waals surface area contributed by atoms with Crippen LogP contribution in [0.5, 0.6) is 0 Å². The van der Waals surface area contributed by atoms with E-state index in [9.17, 15) is 4.79 Å². The fourth-order valence-electron chi connectivity index (χ4n) is 3.33. The van der Waals surface area contributed by atoms with Gasteiger partial charge in [0.05, 0.1) is 18.1 Å². The first-order chi connectivity index (χ1) is 14.6. The molecule has 1 heterocycles. The van der Waals surface area contributed by atoms with Gasteiger partial charge in [-0.1, -0.05) is 46.3 Å². The van der Waals surface area contributed by atoms with Gasteiger partial charge in [-0.3, -0.25) is 9.89 Å². The molecular weight excluding hydrogens is 442 g/mol. The van der Waals surface area contributed by atoms with Crippen molar-refractivity contribution >= 4 is 49.8 Å². The number of nitrogens with zero attached hydrogens (tertiary/aromatic N) is 1. The van der Waals surface area contributed by atoms with Gasteiger partial charge in [-0.05, 0) is 47.9 Å². The number of amides is 1. The minimum Gasteiger partial charge on any atom is -0.398 e. The lowest BCUT2D eigenvalue weighted by Gasteiger charge is -2.10. The third-order valence-corrected chi connectivity index (χ3v) is 5.35. The molecule has 6 nitrogen and oxygen atoms in total. The van der Waals surface area contributed by atoms with Gasteiger partial charge in [-0.25, -0.2) is 0 Å². The molecule has 7 heteroatoms. The summed E-state index contributed by atoms with van der Waals surface area (Å²) in [4.78, 5) is 12.3. The first-order valence-electron chi connectivity index (χ1n) is 9.67. The van der Waals surface area contributed by atoms with Crippen LogP contribution in [0.1, 0.15) is 11.1 Å². The van der Waals surface area contributed by atoms with Crippen LogP contribution in [0, 0.1) is 0 Å². The predicted molar refractivity (Wildman–Crippen MR) is 126 cm³/mol. The van der Waals surface area contributed by atoms with Crippen LogP contribution in [-0.2, 0) is 17.6 Å². The quantitative estimate of drug-likeness (QED) is 0.297. The zero-order chi connectivity index (χ0) is 20.9. The monoisotopic (exact) mass is 463 g/mol. The molecule has 3 aromatic carbocycles. The van der Waals surface area contributed by atoms with E-state index >= 15 is 0 Å². The van der Waals surface area contributed by atoms with Gasteiger partial charge in [0.2, 0.25) is 5.91 Å². The lowest BCUT2D eigenvalue weighted by molar-refractivity contribution is -0.115. The van der Waals surface area contributed by atoms with Crippen molar-refractivity contribution in [3.63, 3.8) is 0 Å². The number of carbonyl (C=O) groups excluding carboxylic acids is 1. The number of nitrogens with two attached hydrogens (primary N) is 1. The van der Waals surface area contributed by atoms with E-state index in [2.05, 4.69) is 42.8 Å². The number of benzene rings is 3. The Morgan fingerprint density at radius 1 is 1.10 bits per heavy atom. The molecule has 0 fully saturated rings. The first-order valence-corrected chi connectivity index (χ1v) is 10.5. The number of fused-ring (bicyclic) bond motifs is 1. The maximum absolute atomic E-state index is 12.3. The molecular formula is C23H22BrN5O. The van der Waals surface area contributed by atoms with E-state index in [1.807, 2.05) is 54.7 Å². The van der Waals surface area contributed by atoms with E-state index in [1.54, 1.807) is 6.07 Å². The number of nitrogens with one attached hydrogen (secondary N) is 3. The molecule has 0 atom stereocenters. The SMILES string of the molecule is Nc1ccccc1CC(=O)Nc1ccc(CCNc2cc(Br)cc3[nH]ncc23)cc1. The van der Waals surface area contributed by atoms with E-state index in [1.165, 1.54) is 5.56 Å². The van der Waals surface area contributed by atoms with Crippen molar-refractivity contribution in [2.75, 3.05) is 22.9 Å². The number of para-hydroxylation sites is 1. The van der Waals surface area contributed by atoms with Crippen LogP contribution >= 0.6 is 15.9 Å². The van der Waals surface area contributed by atoms with Gasteiger partial charge >= 0.3 is 0 Å². The molecule has 1 amide bonds. The van der Waals surface area contributed by atoms with Crippen LogP contribution < -0.4 is 16.4 Å². The third kappa shape index (κ3) is 4.80. The van der Waals surface area contributed by atoms with Gasteiger partial charge in [0.25, 0.3) is 0 Å². The Labute approximate surface area is 183 Å². The number of hydrogen-bond acceptors (Lipinski definition) is 4. The normalized spacial score (nSPS) is 10.8. The smallest absolute Gasteiger partial charge is 0.228 e. The molecule has 0 radical (unpaired) electrons. The van der Waals surface area contributed by atoms with Gasteiger partial charge in [0.1, 0.15) is 0 Å². The maximum atomic E-state index is 12.3. The lowest BCUT2D eigenvalue weighted by atomic mass is 10.1. The summed E-state index contributed by atoms with van der Waals surface area (Å²) in [6.07, 6.45) is 2.94. The second-order valence-electron chi connectivity index (χ2n) is 7.08. The Kier molecular flexibility index (Phi) is 5.99. The van der Waals surface area contributed by atoms with Crippen molar-refractivity contribution in [3.05, 3.63) is 82.5 Å². The molecule has 0 unspecified atom stereocenters. The number of hydrogen-bond donors (Lipinski definition) is 4. The molecule has 0 aliphatic heterocycles. The van der Waals surface area contributed by atoms with Crippen LogP contribution in [0.2, 0.25) is 0 Å². The minimum absolute atomic E-state index is 0.0823. The Morgan fingerprint density at radius 3 is 2.70 bits per heavy atom. The molecule has 4 aromatic rings. The van der Waals surface area contributed by atoms with E-state index in [-0.39, 0.29) is 12.3 Å². The molecule has 5 N–H and O–H groups in total. The van der Waals surface area contributed by atoms with Crippen LogP contribution in [0.25, 0.3) is 10.9 Å². The third-order valence-electron chi connectivity index (χ3n) is 4.90. The fourth-order valence-corrected chi connectivity index (χ4v) is 3.79. The minimum atomic E-state index is -0.0823. The van der Waals surface area contributed by atoms with Crippen molar-refractivity contribution in [2.24, 2.45) is 0 Å². The van der Waals surface area contributed by atoms with Crippen LogP contribution in [0.3, 0.4) is 0 Å². The van der Waals surface area contributed by atoms with Crippen LogP contribution in [0.4, 0.5) is 17.1 Å². The van der Waals surface area contributed by atoms with E-state index in [4.69, 9.17) is 5.73 Å². The highest BCUT2D eigenvalue weighted by molar-refractivity contribution is 9.10.